The van der Waals surface area contributed by atoms with Crippen LogP contribution in [0.2, 0.25) is 0 Å². The molecule has 0 saturated carbocycles. The summed E-state index contributed by atoms with van der Waals surface area (Å²) in [7, 11) is 0. The van der Waals surface area contributed by atoms with Crippen molar-refractivity contribution in [2.24, 2.45) is 0 Å². The van der Waals surface area contributed by atoms with Gasteiger partial charge in [-0.15, -0.1) is 34.0 Å². The Morgan fingerprint density at radius 3 is 1.79 bits per heavy atom. The molecule has 0 fully saturated rings. The Morgan fingerprint density at radius 1 is 0.362 bits per heavy atom. The molecule has 0 bridgehead atoms. The molecular formula is C53H32N2S3. The van der Waals surface area contributed by atoms with E-state index in [1.807, 2.05) is 22.7 Å². The van der Waals surface area contributed by atoms with Gasteiger partial charge >= 0.3 is 0 Å². The summed E-state index contributed by atoms with van der Waals surface area (Å²) in [5.41, 5.74) is 10.5. The predicted octanol–water partition coefficient (Wildman–Crippen LogP) is 16.7. The quantitative estimate of drug-likeness (QED) is 0.167. The maximum atomic E-state index is 5.22. The lowest BCUT2D eigenvalue weighted by Gasteiger charge is -2.27. The van der Waals surface area contributed by atoms with Crippen molar-refractivity contribution in [2.75, 3.05) is 4.90 Å². The average molecular weight is 793 g/mol. The van der Waals surface area contributed by atoms with Crippen molar-refractivity contribution >= 4 is 112 Å². The molecule has 0 saturated heterocycles. The molecule has 2 nitrogen and oxygen atoms in total. The van der Waals surface area contributed by atoms with Crippen LogP contribution in [0.3, 0.4) is 0 Å². The van der Waals surface area contributed by atoms with Crippen molar-refractivity contribution in [3.63, 3.8) is 0 Å². The van der Waals surface area contributed by atoms with Crippen LogP contribution in [0, 0.1) is 0 Å². The van der Waals surface area contributed by atoms with Crippen molar-refractivity contribution in [3.05, 3.63) is 194 Å². The normalized spacial score (nSPS) is 11.8. The lowest BCUT2D eigenvalue weighted by molar-refractivity contribution is 1.30. The van der Waals surface area contributed by atoms with E-state index in [0.717, 1.165) is 27.5 Å². The highest BCUT2D eigenvalue weighted by molar-refractivity contribution is 7.27. The van der Waals surface area contributed by atoms with Gasteiger partial charge in [-0.25, -0.2) is 4.98 Å². The summed E-state index contributed by atoms with van der Waals surface area (Å²) in [4.78, 5) is 7.64. The smallest absolute Gasteiger partial charge is 0.124 e. The van der Waals surface area contributed by atoms with E-state index in [0.29, 0.717) is 0 Å². The van der Waals surface area contributed by atoms with Gasteiger partial charge in [0, 0.05) is 57.3 Å². The molecule has 0 radical (unpaired) electrons. The van der Waals surface area contributed by atoms with Gasteiger partial charge in [0.05, 0.1) is 15.9 Å². The topological polar surface area (TPSA) is 16.1 Å². The maximum Gasteiger partial charge on any atom is 0.124 e. The zero-order valence-corrected chi connectivity index (χ0v) is 33.5. The summed E-state index contributed by atoms with van der Waals surface area (Å²) in [6.45, 7) is 0. The first-order valence-electron chi connectivity index (χ1n) is 19.4. The van der Waals surface area contributed by atoms with E-state index in [1.165, 1.54) is 83.8 Å². The Hall–Kier alpha value is -6.63. The van der Waals surface area contributed by atoms with E-state index < -0.39 is 0 Å². The van der Waals surface area contributed by atoms with Gasteiger partial charge in [0.2, 0.25) is 0 Å². The van der Waals surface area contributed by atoms with Crippen LogP contribution in [0.4, 0.5) is 17.1 Å². The Balaban J connectivity index is 0.976. The molecule has 9 aromatic carbocycles. The van der Waals surface area contributed by atoms with Crippen molar-refractivity contribution in [2.45, 2.75) is 0 Å². The lowest BCUT2D eigenvalue weighted by Crippen LogP contribution is -2.10. The minimum atomic E-state index is 1.06. The highest BCUT2D eigenvalue weighted by Gasteiger charge is 2.20. The van der Waals surface area contributed by atoms with Crippen LogP contribution in [0.15, 0.2) is 194 Å². The number of thiazole rings is 1. The summed E-state index contributed by atoms with van der Waals surface area (Å²) in [5, 5.41) is 8.66. The Kier molecular flexibility index (Phi) is 7.80. The highest BCUT2D eigenvalue weighted by Crippen LogP contribution is 2.46. The number of anilines is 3. The summed E-state index contributed by atoms with van der Waals surface area (Å²) in [6, 6.07) is 70.8. The van der Waals surface area contributed by atoms with Crippen molar-refractivity contribution in [1.29, 1.82) is 0 Å². The molecule has 272 valence electrons. The zero-order valence-electron chi connectivity index (χ0n) is 31.1. The van der Waals surface area contributed by atoms with Gasteiger partial charge in [0.1, 0.15) is 5.01 Å². The number of hydrogen-bond acceptors (Lipinski definition) is 5. The summed E-state index contributed by atoms with van der Waals surface area (Å²) >= 11 is 5.47. The van der Waals surface area contributed by atoms with E-state index in [1.54, 1.807) is 11.3 Å². The Labute approximate surface area is 347 Å². The summed E-state index contributed by atoms with van der Waals surface area (Å²) in [6.07, 6.45) is 0. The molecule has 0 aliphatic rings. The molecule has 0 unspecified atom stereocenters. The average Bonchev–Trinajstić information content (AvgIpc) is 4.01. The summed E-state index contributed by atoms with van der Waals surface area (Å²) < 4.78 is 6.37. The third-order valence-electron chi connectivity index (χ3n) is 11.3. The number of aromatic nitrogens is 1. The van der Waals surface area contributed by atoms with Crippen molar-refractivity contribution < 1.29 is 0 Å². The van der Waals surface area contributed by atoms with E-state index in [9.17, 15) is 0 Å². The predicted molar refractivity (Wildman–Crippen MR) is 254 cm³/mol. The molecule has 0 aliphatic heterocycles. The fourth-order valence-electron chi connectivity index (χ4n) is 8.58. The van der Waals surface area contributed by atoms with Gasteiger partial charge in [0.25, 0.3) is 0 Å². The van der Waals surface area contributed by atoms with Crippen LogP contribution in [0.25, 0.3) is 94.2 Å². The molecular weight excluding hydrogens is 761 g/mol. The van der Waals surface area contributed by atoms with Gasteiger partial charge in [-0.2, -0.15) is 0 Å². The molecule has 0 aliphatic carbocycles. The number of nitrogens with zero attached hydrogens (tertiary/aromatic N) is 2. The number of hydrogen-bond donors (Lipinski definition) is 0. The molecule has 0 atom stereocenters. The number of thiophene rings is 2. The second-order valence-corrected chi connectivity index (χ2v) is 17.9. The Bertz CT molecular complexity index is 3500. The standard InChI is InChI=1S/C53H32N2S3/c1-2-11-36(12-3-1)53-54-52-49(58-53)31-30-48-51(52)43-32-37(24-29-46(43)57-48)33-20-25-38(26-21-33)55(44-17-9-19-47-50(44)42-15-6-7-18-45(42)56-47)39-27-22-35(23-28-39)41-16-8-13-34-10-4-5-14-40(34)41/h1-32H. The van der Waals surface area contributed by atoms with Crippen LogP contribution in [-0.4, -0.2) is 4.98 Å². The van der Waals surface area contributed by atoms with Gasteiger partial charge in [0.15, 0.2) is 0 Å². The van der Waals surface area contributed by atoms with Crippen LogP contribution in [0.5, 0.6) is 0 Å². The minimum absolute atomic E-state index is 1.06. The molecule has 0 spiro atoms. The molecule has 12 rings (SSSR count). The van der Waals surface area contributed by atoms with Crippen molar-refractivity contribution in [1.82, 2.24) is 4.98 Å². The molecule has 0 amide bonds. The van der Waals surface area contributed by atoms with E-state index in [-0.39, 0.29) is 0 Å². The van der Waals surface area contributed by atoms with Crippen molar-refractivity contribution in [3.8, 4) is 32.8 Å². The fraction of sp³-hybridized carbons (Fsp3) is 0. The van der Waals surface area contributed by atoms with E-state index in [2.05, 4.69) is 199 Å². The molecule has 58 heavy (non-hydrogen) atoms. The maximum absolute atomic E-state index is 5.22. The monoisotopic (exact) mass is 792 g/mol. The second kappa shape index (κ2) is 13.5. The number of fused-ring (bicyclic) bond motifs is 9. The van der Waals surface area contributed by atoms with Gasteiger partial charge < -0.3 is 4.90 Å². The van der Waals surface area contributed by atoms with Crippen LogP contribution >= 0.6 is 34.0 Å². The molecule has 3 heterocycles. The van der Waals surface area contributed by atoms with Crippen LogP contribution < -0.4 is 4.90 Å². The van der Waals surface area contributed by atoms with Crippen LogP contribution in [0.1, 0.15) is 0 Å². The van der Waals surface area contributed by atoms with Gasteiger partial charge in [-0.1, -0.05) is 127 Å². The molecule has 12 aromatic rings. The van der Waals surface area contributed by atoms with Gasteiger partial charge in [-0.3, -0.25) is 0 Å². The fourth-order valence-corrected chi connectivity index (χ4v) is 11.8. The number of benzene rings is 9. The second-order valence-electron chi connectivity index (χ2n) is 14.7. The Morgan fingerprint density at radius 2 is 0.966 bits per heavy atom. The van der Waals surface area contributed by atoms with Crippen LogP contribution in [-0.2, 0) is 0 Å². The third-order valence-corrected chi connectivity index (χ3v) is 14.7. The molecule has 0 N–H and O–H groups in total. The van der Waals surface area contributed by atoms with E-state index in [4.69, 9.17) is 4.98 Å². The first-order valence-corrected chi connectivity index (χ1v) is 21.9. The molecule has 3 aromatic heterocycles. The largest absolute Gasteiger partial charge is 0.310 e. The highest BCUT2D eigenvalue weighted by atomic mass is 32.1. The number of rotatable bonds is 6. The van der Waals surface area contributed by atoms with Gasteiger partial charge in [-0.05, 0) is 99.8 Å². The zero-order chi connectivity index (χ0) is 38.2. The first kappa shape index (κ1) is 33.5. The SMILES string of the molecule is c1ccc(-c2nc3c(ccc4sc5ccc(-c6ccc(N(c7ccc(-c8cccc9ccccc89)cc7)c7cccc8sc9ccccc9c78)cc6)cc5c43)s2)cc1. The lowest BCUT2D eigenvalue weighted by atomic mass is 9.98. The third kappa shape index (κ3) is 5.47. The minimum Gasteiger partial charge on any atom is -0.310 e. The van der Waals surface area contributed by atoms with E-state index >= 15 is 0 Å². The molecule has 5 heteroatoms. The summed E-state index contributed by atoms with van der Waals surface area (Å²) in [5.74, 6) is 0. The first-order chi connectivity index (χ1) is 28.7.